The number of unbranched alkanes of at least 4 members (excludes halogenated alkanes) is 14. The maximum Gasteiger partial charge on any atom is 0.162 e. The Morgan fingerprint density at radius 1 is 0.323 bits per heavy atom. The van der Waals surface area contributed by atoms with E-state index in [1.807, 2.05) is 84.9 Å². The lowest BCUT2D eigenvalue weighted by Crippen LogP contribution is -1.99. The summed E-state index contributed by atoms with van der Waals surface area (Å²) in [6, 6.07) is 35.2. The van der Waals surface area contributed by atoms with Crippen molar-refractivity contribution in [2.75, 3.05) is 14.2 Å². The van der Waals surface area contributed by atoms with Crippen LogP contribution in [0.15, 0.2) is 115 Å². The number of rotatable bonds is 30. The average molecular weight is 1270 g/mol. The van der Waals surface area contributed by atoms with Gasteiger partial charge in [0.05, 0.1) is 41.8 Å². The second-order valence-corrected chi connectivity index (χ2v) is 24.2. The van der Waals surface area contributed by atoms with Crippen LogP contribution >= 0.6 is 0 Å². The van der Waals surface area contributed by atoms with Crippen molar-refractivity contribution in [2.24, 2.45) is 0 Å². The molecule has 13 heteroatoms. The molecule has 0 atom stereocenters. The van der Waals surface area contributed by atoms with Crippen molar-refractivity contribution in [3.05, 3.63) is 160 Å². The summed E-state index contributed by atoms with van der Waals surface area (Å²) in [6.07, 6.45) is 29.3. The van der Waals surface area contributed by atoms with Crippen LogP contribution in [0.5, 0.6) is 40.2 Å². The maximum absolute atomic E-state index is 11.6. The molecule has 500 valence electrons. The lowest BCUT2D eigenvalue weighted by Gasteiger charge is -2.15. The number of carbonyl (C=O) groups is 2. The monoisotopic (exact) mass is 1270 g/mol. The number of aromatic hydroxyl groups is 5. The number of phenolic OH excluding ortho intramolecular Hbond substituents is 5. The lowest BCUT2D eigenvalue weighted by molar-refractivity contribution is 0.101. The fourth-order valence-electron chi connectivity index (χ4n) is 11.3. The first-order valence-corrected chi connectivity index (χ1v) is 34.4. The molecule has 0 aliphatic rings. The van der Waals surface area contributed by atoms with Gasteiger partial charge in [-0.15, -0.1) is 0 Å². The predicted octanol–water partition coefficient (Wildman–Crippen LogP) is 20.8. The van der Waals surface area contributed by atoms with Gasteiger partial charge in [0.15, 0.2) is 11.6 Å². The van der Waals surface area contributed by atoms with Crippen LogP contribution in [0.2, 0.25) is 0 Å². The number of aryl methyl sites for hydroxylation is 3. The van der Waals surface area contributed by atoms with Gasteiger partial charge < -0.3 is 35.0 Å². The van der Waals surface area contributed by atoms with Crippen LogP contribution in [0.3, 0.4) is 0 Å². The zero-order valence-corrected chi connectivity index (χ0v) is 57.5. The minimum atomic E-state index is -0.0930. The van der Waals surface area contributed by atoms with E-state index in [9.17, 15) is 35.1 Å². The second-order valence-electron chi connectivity index (χ2n) is 24.2. The molecule has 0 radical (unpaired) electrons. The third kappa shape index (κ3) is 23.9. The van der Waals surface area contributed by atoms with Gasteiger partial charge in [0.2, 0.25) is 0 Å². The maximum atomic E-state index is 11.6. The van der Waals surface area contributed by atoms with E-state index < -0.39 is 0 Å². The van der Waals surface area contributed by atoms with Crippen LogP contribution < -0.4 is 9.47 Å². The van der Waals surface area contributed by atoms with E-state index in [4.69, 9.17) is 9.47 Å². The molecule has 0 bridgehead atoms. The number of carbonyl (C=O) groups excluding carboxylic acids is 2. The van der Waals surface area contributed by atoms with Crippen molar-refractivity contribution in [1.29, 1.82) is 0 Å². The smallest absolute Gasteiger partial charge is 0.162 e. The molecule has 0 aliphatic heterocycles. The highest BCUT2D eigenvalue weighted by atomic mass is 16.5. The van der Waals surface area contributed by atoms with E-state index in [2.05, 4.69) is 73.6 Å². The van der Waals surface area contributed by atoms with Gasteiger partial charge in [-0.2, -0.15) is 0 Å². The number of ketones is 2. The zero-order chi connectivity index (χ0) is 67.5. The fourth-order valence-corrected chi connectivity index (χ4v) is 11.3. The Kier molecular flexibility index (Phi) is 33.5. The average Bonchev–Trinajstić information content (AvgIpc) is 0.801. The Hall–Kier alpha value is -8.32. The van der Waals surface area contributed by atoms with Crippen molar-refractivity contribution in [1.82, 2.24) is 19.9 Å². The normalized spacial score (nSPS) is 10.8. The summed E-state index contributed by atoms with van der Waals surface area (Å²) in [5.41, 5.74) is 12.5. The second kappa shape index (κ2) is 41.3. The van der Waals surface area contributed by atoms with E-state index in [-0.39, 0.29) is 40.3 Å². The number of hydrogen-bond acceptors (Lipinski definition) is 13. The largest absolute Gasteiger partial charge is 0.508 e. The summed E-state index contributed by atoms with van der Waals surface area (Å²) >= 11 is 0. The molecule has 0 amide bonds. The number of benzene rings is 7. The lowest BCUT2D eigenvalue weighted by atomic mass is 9.99. The standard InChI is InChI=1S/C19H32O2.C17H28O2.C16H26O2.C14H10N2O2.C14H10N2O/c1-3-5-7-9-10-12-16-14-18(20)17(19(21)15-16)13-11-8-6-4-2;1-3-5-7-9-11-15-16(18)12-14(13-17(15)19)10-8-6-4-2;1-5-7-8-10-13-11-15(17-3)14(9-6-2)16(12-13)18-4;1-8(17)9-6-7-12(18)14-13(9)15-10-4-2-3-5-11(10)16-14;1-9(17)10-5-4-8-13-14(10)16-12-7-3-2-6-11(12)15-13/h14-15,20-21H,3-13H2,1-2H3;12-13,18-19H,3-11H2,1-2H3;11-12H,5-10H2,1-4H3;2-7,18H,1H3;2-8H,1H3. The number of aromatic nitrogens is 4. The first-order valence-electron chi connectivity index (χ1n) is 34.4. The molecule has 9 aromatic rings. The number of para-hydroxylation sites is 5. The summed E-state index contributed by atoms with van der Waals surface area (Å²) in [4.78, 5) is 40.9. The highest BCUT2D eigenvalue weighted by molar-refractivity contribution is 6.07. The first-order chi connectivity index (χ1) is 45.0. The molecule has 0 unspecified atom stereocenters. The van der Waals surface area contributed by atoms with Crippen molar-refractivity contribution >= 4 is 55.7 Å². The highest BCUT2D eigenvalue weighted by Gasteiger charge is 2.16. The molecule has 13 nitrogen and oxygen atoms in total. The molecule has 0 saturated heterocycles. The molecule has 0 aliphatic carbocycles. The molecule has 2 heterocycles. The van der Waals surface area contributed by atoms with Gasteiger partial charge in [-0.3, -0.25) is 9.59 Å². The van der Waals surface area contributed by atoms with E-state index in [0.717, 1.165) is 134 Å². The molecule has 9 rings (SSSR count). The van der Waals surface area contributed by atoms with Gasteiger partial charge in [-0.25, -0.2) is 19.9 Å². The summed E-state index contributed by atoms with van der Waals surface area (Å²) in [6.45, 7) is 16.2. The number of ether oxygens (including phenoxy) is 2. The van der Waals surface area contributed by atoms with Crippen molar-refractivity contribution in [3.63, 3.8) is 0 Å². The predicted molar refractivity (Wildman–Crippen MR) is 383 cm³/mol. The Labute approximate surface area is 554 Å². The Morgan fingerprint density at radius 3 is 1.09 bits per heavy atom. The zero-order valence-electron chi connectivity index (χ0n) is 57.5. The summed E-state index contributed by atoms with van der Waals surface area (Å²) < 4.78 is 11.0. The van der Waals surface area contributed by atoms with Crippen LogP contribution in [0.25, 0.3) is 44.1 Å². The van der Waals surface area contributed by atoms with Gasteiger partial charge in [0.1, 0.15) is 56.8 Å². The summed E-state index contributed by atoms with van der Waals surface area (Å²) in [5, 5.41) is 50.1. The van der Waals surface area contributed by atoms with Crippen LogP contribution in [0, 0.1) is 0 Å². The third-order valence-electron chi connectivity index (χ3n) is 16.6. The van der Waals surface area contributed by atoms with Gasteiger partial charge in [0.25, 0.3) is 0 Å². The van der Waals surface area contributed by atoms with Gasteiger partial charge in [0, 0.05) is 27.8 Å². The van der Waals surface area contributed by atoms with Gasteiger partial charge >= 0.3 is 0 Å². The number of Topliss-reactive ketones (excluding diaryl/α,β-unsaturated/α-hetero) is 2. The van der Waals surface area contributed by atoms with E-state index in [0.29, 0.717) is 38.7 Å². The number of methoxy groups -OCH3 is 2. The number of phenols is 5. The minimum absolute atomic E-state index is 0.0141. The molecular formula is C80H106N4O9. The third-order valence-corrected chi connectivity index (χ3v) is 16.6. The molecule has 0 fully saturated rings. The van der Waals surface area contributed by atoms with Crippen LogP contribution in [0.4, 0.5) is 0 Å². The minimum Gasteiger partial charge on any atom is -0.508 e. The summed E-state index contributed by atoms with van der Waals surface area (Å²) in [5.74, 6) is 2.99. The molecule has 0 saturated carbocycles. The topological polar surface area (TPSA) is 205 Å². The van der Waals surface area contributed by atoms with Crippen LogP contribution in [-0.4, -0.2) is 71.3 Å². The van der Waals surface area contributed by atoms with E-state index in [1.54, 1.807) is 33.3 Å². The first kappa shape index (κ1) is 75.4. The molecule has 7 aromatic carbocycles. The Morgan fingerprint density at radius 2 is 0.667 bits per heavy atom. The number of hydrogen-bond donors (Lipinski definition) is 5. The van der Waals surface area contributed by atoms with Gasteiger partial charge in [-0.1, -0.05) is 168 Å². The number of nitrogens with zero attached hydrogens (tertiary/aromatic N) is 4. The SMILES string of the molecule is CC(=O)c1ccc(O)c2nc3ccccc3nc12.CC(=O)c1cccc2nc3ccccc3nc12.CCCCCCCc1cc(O)c(CCCCCC)c(O)c1.CCCCCCc1c(O)cc(CCCCC)cc1O.CCCCCc1cc(OC)c(CCC)c(OC)c1. The summed E-state index contributed by atoms with van der Waals surface area (Å²) in [7, 11) is 3.48. The molecule has 5 N–H and O–H groups in total. The Bertz CT molecular complexity index is 3680. The molecular weight excluding hydrogens is 1160 g/mol. The highest BCUT2D eigenvalue weighted by Crippen LogP contribution is 2.35. The van der Waals surface area contributed by atoms with E-state index in [1.165, 1.54) is 108 Å². The molecule has 93 heavy (non-hydrogen) atoms. The van der Waals surface area contributed by atoms with Crippen LogP contribution in [-0.2, 0) is 38.5 Å². The van der Waals surface area contributed by atoms with E-state index >= 15 is 0 Å². The van der Waals surface area contributed by atoms with Gasteiger partial charge in [-0.05, 0) is 186 Å². The quantitative estimate of drug-likeness (QED) is 0.0162. The fraction of sp³-hybridized carbons (Fsp3) is 0.450. The number of fused-ring (bicyclic) bond motifs is 4. The van der Waals surface area contributed by atoms with Crippen molar-refractivity contribution in [2.45, 2.75) is 222 Å². The van der Waals surface area contributed by atoms with Crippen molar-refractivity contribution < 1.29 is 44.6 Å². The molecule has 2 aromatic heterocycles. The van der Waals surface area contributed by atoms with Crippen LogP contribution in [0.1, 0.15) is 238 Å². The molecule has 0 spiro atoms. The van der Waals surface area contributed by atoms with Crippen molar-refractivity contribution in [3.8, 4) is 40.2 Å². The Balaban J connectivity index is 0.000000211.